The van der Waals surface area contributed by atoms with Crippen LogP contribution in [-0.4, -0.2) is 27.5 Å². The molecule has 0 N–H and O–H groups in total. The lowest BCUT2D eigenvalue weighted by molar-refractivity contribution is -0.384. The second-order valence-corrected chi connectivity index (χ2v) is 7.84. The van der Waals surface area contributed by atoms with Crippen molar-refractivity contribution in [2.24, 2.45) is 5.10 Å². The van der Waals surface area contributed by atoms with Crippen LogP contribution in [0.25, 0.3) is 6.08 Å². The predicted molar refractivity (Wildman–Crippen MR) is 128 cm³/mol. The summed E-state index contributed by atoms with van der Waals surface area (Å²) in [4.78, 5) is 35.8. The Kier molecular flexibility index (Phi) is 6.51. The first-order valence-corrected chi connectivity index (χ1v) is 10.6. The Morgan fingerprint density at radius 3 is 2.47 bits per heavy atom. The molecule has 0 saturated carbocycles. The number of carbonyl (C=O) groups excluding carboxylic acids is 2. The Balaban J connectivity index is 1.46. The van der Waals surface area contributed by atoms with E-state index in [1.54, 1.807) is 73.7 Å². The van der Waals surface area contributed by atoms with Gasteiger partial charge in [0.15, 0.2) is 0 Å². The molecule has 0 unspecified atom stereocenters. The first-order valence-electron chi connectivity index (χ1n) is 10.2. The first-order chi connectivity index (χ1) is 16.3. The van der Waals surface area contributed by atoms with Gasteiger partial charge in [0.2, 0.25) is 0 Å². The van der Waals surface area contributed by atoms with E-state index in [9.17, 15) is 19.7 Å². The number of nitro benzene ring substituents is 1. The van der Waals surface area contributed by atoms with E-state index in [-0.39, 0.29) is 12.3 Å². The first kappa shape index (κ1) is 22.9. The third-order valence-electron chi connectivity index (χ3n) is 5.08. The number of imide groups is 1. The summed E-state index contributed by atoms with van der Waals surface area (Å²) in [5.74, 6) is -0.589. The molecule has 0 fully saturated rings. The van der Waals surface area contributed by atoms with Crippen LogP contribution in [0.3, 0.4) is 0 Å². The summed E-state index contributed by atoms with van der Waals surface area (Å²) < 4.78 is 5.72. The van der Waals surface area contributed by atoms with E-state index >= 15 is 0 Å². The van der Waals surface area contributed by atoms with Crippen LogP contribution in [0.1, 0.15) is 28.4 Å². The van der Waals surface area contributed by atoms with Crippen molar-refractivity contribution in [1.29, 1.82) is 0 Å². The highest BCUT2D eigenvalue weighted by atomic mass is 35.5. The lowest BCUT2D eigenvalue weighted by atomic mass is 10.1. The topological polar surface area (TPSA) is 102 Å². The van der Waals surface area contributed by atoms with Gasteiger partial charge in [-0.15, -0.1) is 0 Å². The summed E-state index contributed by atoms with van der Waals surface area (Å²) in [6.07, 6.45) is 1.62. The summed E-state index contributed by atoms with van der Waals surface area (Å²) in [5.41, 5.74) is 2.47. The number of hydrazone groups is 1. The van der Waals surface area contributed by atoms with Crippen molar-refractivity contribution in [3.8, 4) is 5.75 Å². The summed E-state index contributed by atoms with van der Waals surface area (Å²) in [5, 5.41) is 16.1. The zero-order valence-electron chi connectivity index (χ0n) is 18.0. The fraction of sp³-hybridized carbons (Fsp3) is 0.0800. The van der Waals surface area contributed by atoms with Crippen LogP contribution in [0, 0.1) is 10.1 Å². The van der Waals surface area contributed by atoms with E-state index in [1.807, 2.05) is 0 Å². The van der Waals surface area contributed by atoms with Crippen LogP contribution in [0.5, 0.6) is 5.75 Å². The van der Waals surface area contributed by atoms with E-state index < -0.39 is 16.7 Å². The van der Waals surface area contributed by atoms with Gasteiger partial charge in [-0.05, 0) is 60.5 Å². The molecule has 0 aromatic heterocycles. The maximum Gasteiger partial charge on any atom is 0.283 e. The SMILES string of the molecule is CC1=NN(C(=O)c2ccccc2)C(=O)/C1=C/c1ccc(OCc2ccc([N+](=O)[O-])cc2)c(Cl)c1. The fourth-order valence-electron chi connectivity index (χ4n) is 3.29. The van der Waals surface area contributed by atoms with Gasteiger partial charge in [0.25, 0.3) is 17.5 Å². The van der Waals surface area contributed by atoms with Crippen molar-refractivity contribution >= 4 is 40.9 Å². The van der Waals surface area contributed by atoms with E-state index in [4.69, 9.17) is 16.3 Å². The second-order valence-electron chi connectivity index (χ2n) is 7.43. The Labute approximate surface area is 199 Å². The Morgan fingerprint density at radius 1 is 1.12 bits per heavy atom. The molecule has 0 aliphatic carbocycles. The van der Waals surface area contributed by atoms with Crippen molar-refractivity contribution in [3.63, 3.8) is 0 Å². The zero-order valence-corrected chi connectivity index (χ0v) is 18.7. The van der Waals surface area contributed by atoms with Crippen LogP contribution in [0.15, 0.2) is 83.5 Å². The number of non-ortho nitro benzene ring substituents is 1. The van der Waals surface area contributed by atoms with Crippen LogP contribution in [0.4, 0.5) is 5.69 Å². The standard InChI is InChI=1S/C25H18ClN3O5/c1-16-21(25(31)28(27-16)24(30)19-5-3-2-4-6-19)13-18-9-12-23(22(26)14-18)34-15-17-7-10-20(11-8-17)29(32)33/h2-14H,15H2,1H3/b21-13+. The average molecular weight is 476 g/mol. The van der Waals surface area contributed by atoms with Gasteiger partial charge >= 0.3 is 0 Å². The molecule has 170 valence electrons. The summed E-state index contributed by atoms with van der Waals surface area (Å²) >= 11 is 6.36. The smallest absolute Gasteiger partial charge is 0.283 e. The molecule has 1 aliphatic heterocycles. The minimum Gasteiger partial charge on any atom is -0.487 e. The largest absolute Gasteiger partial charge is 0.487 e. The van der Waals surface area contributed by atoms with Gasteiger partial charge in [-0.25, -0.2) is 0 Å². The molecule has 2 amide bonds. The molecule has 9 heteroatoms. The van der Waals surface area contributed by atoms with Gasteiger partial charge in [-0.1, -0.05) is 35.9 Å². The summed E-state index contributed by atoms with van der Waals surface area (Å²) in [6, 6.07) is 19.5. The third kappa shape index (κ3) is 4.87. The number of rotatable bonds is 6. The molecule has 8 nitrogen and oxygen atoms in total. The minimum absolute atomic E-state index is 0.00324. The number of halogens is 1. The molecule has 3 aromatic rings. The molecule has 0 atom stereocenters. The molecule has 4 rings (SSSR count). The van der Waals surface area contributed by atoms with Crippen molar-refractivity contribution < 1.29 is 19.2 Å². The highest BCUT2D eigenvalue weighted by Gasteiger charge is 2.32. The molecular formula is C25H18ClN3O5. The lowest BCUT2D eigenvalue weighted by Gasteiger charge is -2.10. The predicted octanol–water partition coefficient (Wildman–Crippen LogP) is 5.27. The van der Waals surface area contributed by atoms with Gasteiger partial charge in [0, 0.05) is 17.7 Å². The molecule has 1 heterocycles. The van der Waals surface area contributed by atoms with Gasteiger partial charge < -0.3 is 4.74 Å². The Morgan fingerprint density at radius 2 is 1.82 bits per heavy atom. The quantitative estimate of drug-likeness (QED) is 0.209. The van der Waals surface area contributed by atoms with E-state index in [0.29, 0.717) is 33.2 Å². The molecule has 3 aromatic carbocycles. The van der Waals surface area contributed by atoms with Gasteiger partial charge in [-0.2, -0.15) is 10.1 Å². The van der Waals surface area contributed by atoms with Crippen molar-refractivity contribution in [2.75, 3.05) is 0 Å². The number of hydrogen-bond acceptors (Lipinski definition) is 6. The van der Waals surface area contributed by atoms with Gasteiger partial charge in [-0.3, -0.25) is 19.7 Å². The molecule has 0 spiro atoms. The summed E-state index contributed by atoms with van der Waals surface area (Å²) in [7, 11) is 0. The monoisotopic (exact) mass is 475 g/mol. The molecule has 34 heavy (non-hydrogen) atoms. The summed E-state index contributed by atoms with van der Waals surface area (Å²) in [6.45, 7) is 1.84. The van der Waals surface area contributed by atoms with Crippen molar-refractivity contribution in [2.45, 2.75) is 13.5 Å². The minimum atomic E-state index is -0.513. The average Bonchev–Trinajstić information content (AvgIpc) is 3.12. The maximum absolute atomic E-state index is 12.8. The number of carbonyl (C=O) groups is 2. The van der Waals surface area contributed by atoms with Gasteiger partial charge in [0.05, 0.1) is 21.2 Å². The number of hydrogen-bond donors (Lipinski definition) is 0. The Bertz CT molecular complexity index is 1330. The number of benzene rings is 3. The maximum atomic E-state index is 12.8. The number of amides is 2. The fourth-order valence-corrected chi connectivity index (χ4v) is 3.53. The highest BCUT2D eigenvalue weighted by Crippen LogP contribution is 2.29. The second kappa shape index (κ2) is 9.68. The molecule has 0 saturated heterocycles. The lowest BCUT2D eigenvalue weighted by Crippen LogP contribution is -2.29. The zero-order chi connectivity index (χ0) is 24.2. The molecule has 1 aliphatic rings. The number of nitrogens with zero attached hydrogens (tertiary/aromatic N) is 3. The normalized spacial score (nSPS) is 14.3. The molecule has 0 radical (unpaired) electrons. The van der Waals surface area contributed by atoms with Crippen molar-refractivity contribution in [3.05, 3.63) is 110 Å². The van der Waals surface area contributed by atoms with Crippen molar-refractivity contribution in [1.82, 2.24) is 5.01 Å². The van der Waals surface area contributed by atoms with Crippen LogP contribution in [0.2, 0.25) is 5.02 Å². The molecular weight excluding hydrogens is 458 g/mol. The Hall–Kier alpha value is -4.30. The van der Waals surface area contributed by atoms with Crippen LogP contribution >= 0.6 is 11.6 Å². The van der Waals surface area contributed by atoms with E-state index in [1.165, 1.54) is 12.1 Å². The highest BCUT2D eigenvalue weighted by molar-refractivity contribution is 6.33. The van der Waals surface area contributed by atoms with Crippen LogP contribution < -0.4 is 4.74 Å². The van der Waals surface area contributed by atoms with Gasteiger partial charge in [0.1, 0.15) is 12.4 Å². The third-order valence-corrected chi connectivity index (χ3v) is 5.38. The van der Waals surface area contributed by atoms with E-state index in [0.717, 1.165) is 10.6 Å². The molecule has 0 bridgehead atoms. The number of ether oxygens (including phenoxy) is 1. The number of nitro groups is 1. The van der Waals surface area contributed by atoms with E-state index in [2.05, 4.69) is 5.10 Å². The van der Waals surface area contributed by atoms with Crippen LogP contribution in [-0.2, 0) is 11.4 Å².